The lowest BCUT2D eigenvalue weighted by Crippen LogP contribution is -2.54. The lowest BCUT2D eigenvalue weighted by atomic mass is 9.86. The molecule has 0 amide bonds. The molecule has 0 aromatic rings. The molecule has 0 radical (unpaired) electrons. The number of fused-ring (bicyclic) bond motifs is 1. The third-order valence-electron chi connectivity index (χ3n) is 6.57. The summed E-state index contributed by atoms with van der Waals surface area (Å²) in [5.41, 5.74) is 0. The maximum absolute atomic E-state index is 4.99. The second-order valence-electron chi connectivity index (χ2n) is 8.80. The van der Waals surface area contributed by atoms with Crippen molar-refractivity contribution in [1.29, 1.82) is 0 Å². The van der Waals surface area contributed by atoms with Crippen LogP contribution in [0.25, 0.3) is 0 Å². The average molecular weight is 370 g/mol. The van der Waals surface area contributed by atoms with Crippen LogP contribution in [0, 0.1) is 11.8 Å². The van der Waals surface area contributed by atoms with E-state index in [4.69, 9.17) is 4.99 Å². The standard InChI is InChI=1S/C20H35BN6/c21-17-14-25-27-19(24-13-16-7-4-9-22-12-16)11-18(26-20(17)27)23-10-8-15-5-2-1-3-6-15/h12,14-17,19-20,24H,1-11,13,21H2,(H,23,26). The molecule has 4 rings (SSSR count). The van der Waals surface area contributed by atoms with Gasteiger partial charge in [0.2, 0.25) is 0 Å². The zero-order valence-corrected chi connectivity index (χ0v) is 16.8. The predicted octanol–water partition coefficient (Wildman–Crippen LogP) is 1.79. The van der Waals surface area contributed by atoms with Crippen molar-refractivity contribution in [3.63, 3.8) is 0 Å². The fraction of sp³-hybridized carbons (Fsp3) is 0.850. The SMILES string of the molecule is BC1C=NN2C(NCC3C=NCCC3)CC(NCCC3CCCCC3)=NC12. The van der Waals surface area contributed by atoms with Crippen LogP contribution in [0.2, 0.25) is 5.82 Å². The molecule has 4 aliphatic rings. The van der Waals surface area contributed by atoms with Crippen molar-refractivity contribution in [2.45, 2.75) is 75.9 Å². The monoisotopic (exact) mass is 370 g/mol. The van der Waals surface area contributed by atoms with Gasteiger partial charge in [-0.2, -0.15) is 5.10 Å². The molecule has 1 fully saturated rings. The largest absolute Gasteiger partial charge is 0.374 e. The smallest absolute Gasteiger partial charge is 0.141 e. The van der Waals surface area contributed by atoms with Gasteiger partial charge in [0.05, 0.1) is 0 Å². The Bertz CT molecular complexity index is 571. The minimum Gasteiger partial charge on any atom is -0.374 e. The highest BCUT2D eigenvalue weighted by Gasteiger charge is 2.37. The Hall–Kier alpha value is -1.37. The molecule has 7 heteroatoms. The fourth-order valence-electron chi connectivity index (χ4n) is 4.86. The van der Waals surface area contributed by atoms with Gasteiger partial charge in [-0.05, 0) is 25.2 Å². The molecule has 2 N–H and O–H groups in total. The van der Waals surface area contributed by atoms with Crippen molar-refractivity contribution in [2.75, 3.05) is 19.6 Å². The average Bonchev–Trinajstić information content (AvgIpc) is 3.09. The summed E-state index contributed by atoms with van der Waals surface area (Å²) >= 11 is 0. The van der Waals surface area contributed by atoms with Crippen LogP contribution in [0.1, 0.15) is 57.8 Å². The third-order valence-corrected chi connectivity index (χ3v) is 6.57. The number of rotatable bonds is 6. The molecule has 1 saturated carbocycles. The number of hydrazone groups is 1. The van der Waals surface area contributed by atoms with Crippen molar-refractivity contribution < 1.29 is 0 Å². The summed E-state index contributed by atoms with van der Waals surface area (Å²) < 4.78 is 0. The van der Waals surface area contributed by atoms with Gasteiger partial charge in [0, 0.05) is 50.2 Å². The quantitative estimate of drug-likeness (QED) is 0.701. The van der Waals surface area contributed by atoms with Crippen molar-refractivity contribution in [3.8, 4) is 0 Å². The maximum atomic E-state index is 4.99. The maximum Gasteiger partial charge on any atom is 0.141 e. The molecule has 3 heterocycles. The van der Waals surface area contributed by atoms with Crippen molar-refractivity contribution in [3.05, 3.63) is 0 Å². The van der Waals surface area contributed by atoms with E-state index in [1.807, 2.05) is 0 Å². The summed E-state index contributed by atoms with van der Waals surface area (Å²) in [6.07, 6.45) is 16.4. The van der Waals surface area contributed by atoms with E-state index in [-0.39, 0.29) is 12.3 Å². The van der Waals surface area contributed by atoms with Gasteiger partial charge in [-0.3, -0.25) is 15.3 Å². The predicted molar refractivity (Wildman–Crippen MR) is 116 cm³/mol. The second-order valence-corrected chi connectivity index (χ2v) is 8.80. The highest BCUT2D eigenvalue weighted by Crippen LogP contribution is 2.28. The topological polar surface area (TPSA) is 64.4 Å². The van der Waals surface area contributed by atoms with E-state index in [1.54, 1.807) is 0 Å². The Labute approximate surface area is 164 Å². The van der Waals surface area contributed by atoms with Crippen molar-refractivity contribution >= 4 is 26.1 Å². The van der Waals surface area contributed by atoms with E-state index >= 15 is 0 Å². The molecule has 0 spiro atoms. The van der Waals surface area contributed by atoms with Crippen LogP contribution < -0.4 is 10.6 Å². The lowest BCUT2D eigenvalue weighted by molar-refractivity contribution is 0.126. The number of nitrogens with one attached hydrogen (secondary N) is 2. The summed E-state index contributed by atoms with van der Waals surface area (Å²) in [7, 11) is 2.22. The molecule has 0 aromatic heterocycles. The van der Waals surface area contributed by atoms with E-state index < -0.39 is 0 Å². The van der Waals surface area contributed by atoms with E-state index in [0.717, 1.165) is 32.0 Å². The number of hydrogen-bond acceptors (Lipinski definition) is 6. The third kappa shape index (κ3) is 4.92. The Morgan fingerprint density at radius 3 is 2.81 bits per heavy atom. The van der Waals surface area contributed by atoms with Gasteiger partial charge in [0.15, 0.2) is 0 Å². The molecule has 0 saturated heterocycles. The minimum atomic E-state index is 0.147. The van der Waals surface area contributed by atoms with Gasteiger partial charge >= 0.3 is 0 Å². The van der Waals surface area contributed by atoms with Crippen LogP contribution in [0.5, 0.6) is 0 Å². The van der Waals surface area contributed by atoms with Gasteiger partial charge in [-0.15, -0.1) is 0 Å². The summed E-state index contributed by atoms with van der Waals surface area (Å²) in [6, 6.07) is 0. The first-order valence-corrected chi connectivity index (χ1v) is 11.2. The van der Waals surface area contributed by atoms with Crippen molar-refractivity contribution in [1.82, 2.24) is 15.6 Å². The van der Waals surface area contributed by atoms with Crippen LogP contribution in [-0.2, 0) is 0 Å². The second kappa shape index (κ2) is 9.22. The summed E-state index contributed by atoms with van der Waals surface area (Å²) in [4.78, 5) is 9.45. The molecule has 148 valence electrons. The molecule has 0 bridgehead atoms. The molecular formula is C20H35BN6. The minimum absolute atomic E-state index is 0.147. The molecule has 1 aliphatic carbocycles. The van der Waals surface area contributed by atoms with Crippen LogP contribution >= 0.6 is 0 Å². The van der Waals surface area contributed by atoms with E-state index in [9.17, 15) is 0 Å². The Morgan fingerprint density at radius 2 is 2.00 bits per heavy atom. The Kier molecular flexibility index (Phi) is 6.48. The highest BCUT2D eigenvalue weighted by atomic mass is 15.6. The van der Waals surface area contributed by atoms with Crippen LogP contribution in [0.4, 0.5) is 0 Å². The van der Waals surface area contributed by atoms with Gasteiger partial charge in [0.1, 0.15) is 26.0 Å². The van der Waals surface area contributed by atoms with Gasteiger partial charge in [-0.1, -0.05) is 32.1 Å². The highest BCUT2D eigenvalue weighted by molar-refractivity contribution is 6.21. The number of hydrogen-bond donors (Lipinski definition) is 2. The van der Waals surface area contributed by atoms with Crippen LogP contribution in [-0.4, -0.2) is 63.1 Å². The van der Waals surface area contributed by atoms with Gasteiger partial charge < -0.3 is 5.32 Å². The van der Waals surface area contributed by atoms with E-state index in [2.05, 4.69) is 46.0 Å². The van der Waals surface area contributed by atoms with Crippen LogP contribution in [0.15, 0.2) is 15.1 Å². The van der Waals surface area contributed by atoms with Crippen molar-refractivity contribution in [2.24, 2.45) is 26.9 Å². The molecular weight excluding hydrogens is 335 g/mol. The first-order chi connectivity index (χ1) is 13.3. The molecule has 4 unspecified atom stereocenters. The van der Waals surface area contributed by atoms with E-state index in [0.29, 0.717) is 11.7 Å². The zero-order valence-electron chi connectivity index (χ0n) is 16.8. The zero-order chi connectivity index (χ0) is 18.5. The van der Waals surface area contributed by atoms with Gasteiger partial charge in [-0.25, -0.2) is 4.99 Å². The molecule has 0 aromatic carbocycles. The summed E-state index contributed by atoms with van der Waals surface area (Å²) in [5, 5.41) is 14.3. The summed E-state index contributed by atoms with van der Waals surface area (Å²) in [6.45, 7) is 3.04. The number of nitrogens with zero attached hydrogens (tertiary/aromatic N) is 4. The molecule has 4 atom stereocenters. The first-order valence-electron chi connectivity index (χ1n) is 11.2. The molecule has 6 nitrogen and oxygen atoms in total. The first kappa shape index (κ1) is 19.0. The van der Waals surface area contributed by atoms with E-state index in [1.165, 1.54) is 57.2 Å². The molecule has 27 heavy (non-hydrogen) atoms. The molecule has 3 aliphatic heterocycles. The fourth-order valence-corrected chi connectivity index (χ4v) is 4.86. The van der Waals surface area contributed by atoms with Crippen LogP contribution in [0.3, 0.4) is 0 Å². The summed E-state index contributed by atoms with van der Waals surface area (Å²) in [5.74, 6) is 3.02. The number of amidine groups is 1. The number of aliphatic imine (C=N–C) groups is 2. The Morgan fingerprint density at radius 1 is 1.11 bits per heavy atom. The Balaban J connectivity index is 1.30. The van der Waals surface area contributed by atoms with Gasteiger partial charge in [0.25, 0.3) is 0 Å². The lowest BCUT2D eigenvalue weighted by Gasteiger charge is -2.37. The normalized spacial score (nSPS) is 33.8.